The summed E-state index contributed by atoms with van der Waals surface area (Å²) in [5, 5.41) is 2.01. The Morgan fingerprint density at radius 3 is 3.00 bits per heavy atom. The van der Waals surface area contributed by atoms with E-state index in [0.717, 1.165) is 6.42 Å². The molecule has 0 unspecified atom stereocenters. The molecule has 7 heavy (non-hydrogen) atoms. The summed E-state index contributed by atoms with van der Waals surface area (Å²) in [5.74, 6) is 0. The van der Waals surface area contributed by atoms with Crippen LogP contribution in [0.4, 0.5) is 0 Å². The largest absolute Gasteiger partial charge is 0.221 e. The summed E-state index contributed by atoms with van der Waals surface area (Å²) in [5.41, 5.74) is 1.22. The molecule has 1 aliphatic rings. The zero-order valence-electron chi connectivity index (χ0n) is 4.22. The molecule has 1 heterocycles. The standard InChI is InChI=1S/C5H7NS/c1-5-3-2-4-7-6-5/h2,4H,3H2,1H3. The van der Waals surface area contributed by atoms with Crippen molar-refractivity contribution in [2.75, 3.05) is 0 Å². The third kappa shape index (κ3) is 1.35. The SMILES string of the molecule is CC1=NSC=CC1. The van der Waals surface area contributed by atoms with Gasteiger partial charge in [-0.1, -0.05) is 6.08 Å². The Morgan fingerprint density at radius 2 is 2.71 bits per heavy atom. The second kappa shape index (κ2) is 2.17. The summed E-state index contributed by atoms with van der Waals surface area (Å²) in [6, 6.07) is 0. The number of hydrogen-bond donors (Lipinski definition) is 0. The first-order chi connectivity index (χ1) is 3.39. The molecule has 0 aromatic carbocycles. The van der Waals surface area contributed by atoms with Crippen molar-refractivity contribution in [1.29, 1.82) is 0 Å². The van der Waals surface area contributed by atoms with Gasteiger partial charge in [-0.05, 0) is 12.3 Å². The molecule has 1 rings (SSSR count). The molecular formula is C5H7NS. The van der Waals surface area contributed by atoms with Crippen molar-refractivity contribution in [2.45, 2.75) is 13.3 Å². The summed E-state index contributed by atoms with van der Waals surface area (Å²) in [4.78, 5) is 0. The minimum absolute atomic E-state index is 1.03. The molecule has 1 nitrogen and oxygen atoms in total. The molecule has 0 aromatic heterocycles. The summed E-state index contributed by atoms with van der Waals surface area (Å²) in [7, 11) is 0. The molecular weight excluding hydrogens is 106 g/mol. The van der Waals surface area contributed by atoms with Gasteiger partial charge in [0.05, 0.1) is 0 Å². The van der Waals surface area contributed by atoms with Gasteiger partial charge >= 0.3 is 0 Å². The number of hydrogen-bond acceptors (Lipinski definition) is 2. The number of allylic oxidation sites excluding steroid dienone is 1. The highest BCUT2D eigenvalue weighted by Gasteiger charge is 1.89. The van der Waals surface area contributed by atoms with Crippen LogP contribution in [0.15, 0.2) is 15.9 Å². The number of rotatable bonds is 0. The van der Waals surface area contributed by atoms with Gasteiger partial charge in [0.1, 0.15) is 0 Å². The molecule has 1 aliphatic heterocycles. The Hall–Kier alpha value is -0.240. The minimum atomic E-state index is 1.03. The Kier molecular flexibility index (Phi) is 1.52. The normalized spacial score (nSPS) is 19.3. The molecule has 0 bridgehead atoms. The summed E-state index contributed by atoms with van der Waals surface area (Å²) in [6.45, 7) is 2.04. The lowest BCUT2D eigenvalue weighted by Crippen LogP contribution is -1.87. The fraction of sp³-hybridized carbons (Fsp3) is 0.400. The van der Waals surface area contributed by atoms with Crippen LogP contribution in [-0.2, 0) is 0 Å². The van der Waals surface area contributed by atoms with E-state index < -0.39 is 0 Å². The topological polar surface area (TPSA) is 12.4 Å². The van der Waals surface area contributed by atoms with Crippen molar-refractivity contribution < 1.29 is 0 Å². The molecule has 0 atom stereocenters. The quantitative estimate of drug-likeness (QED) is 0.438. The molecule has 0 N–H and O–H groups in total. The van der Waals surface area contributed by atoms with Crippen LogP contribution >= 0.6 is 11.9 Å². The molecule has 0 fully saturated rings. The van der Waals surface area contributed by atoms with Crippen molar-refractivity contribution in [3.8, 4) is 0 Å². The van der Waals surface area contributed by atoms with Crippen molar-refractivity contribution in [1.82, 2.24) is 0 Å². The third-order valence-electron chi connectivity index (χ3n) is 0.779. The first kappa shape index (κ1) is 4.91. The number of nitrogens with zero attached hydrogens (tertiary/aromatic N) is 1. The average molecular weight is 113 g/mol. The van der Waals surface area contributed by atoms with Crippen LogP contribution in [0.2, 0.25) is 0 Å². The van der Waals surface area contributed by atoms with Crippen LogP contribution < -0.4 is 0 Å². The van der Waals surface area contributed by atoms with Gasteiger partial charge in [0, 0.05) is 24.1 Å². The Balaban J connectivity index is 2.50. The third-order valence-corrected chi connectivity index (χ3v) is 1.51. The van der Waals surface area contributed by atoms with Crippen molar-refractivity contribution in [3.05, 3.63) is 11.5 Å². The molecule has 0 saturated heterocycles. The highest BCUT2D eigenvalue weighted by atomic mass is 32.2. The van der Waals surface area contributed by atoms with Crippen molar-refractivity contribution >= 4 is 17.7 Å². The van der Waals surface area contributed by atoms with E-state index in [1.54, 1.807) is 0 Å². The molecule has 0 aliphatic carbocycles. The van der Waals surface area contributed by atoms with Gasteiger partial charge < -0.3 is 0 Å². The molecule has 0 amide bonds. The molecule has 0 spiro atoms. The summed E-state index contributed by atoms with van der Waals surface area (Å²) < 4.78 is 4.08. The molecule has 38 valence electrons. The van der Waals surface area contributed by atoms with Gasteiger partial charge in [-0.2, -0.15) is 0 Å². The van der Waals surface area contributed by atoms with E-state index in [9.17, 15) is 0 Å². The predicted octanol–water partition coefficient (Wildman–Crippen LogP) is 2.01. The highest BCUT2D eigenvalue weighted by molar-refractivity contribution is 8.01. The van der Waals surface area contributed by atoms with Crippen LogP contribution in [0.3, 0.4) is 0 Å². The first-order valence-corrected chi connectivity index (χ1v) is 3.07. The zero-order valence-corrected chi connectivity index (χ0v) is 5.03. The molecule has 0 aromatic rings. The van der Waals surface area contributed by atoms with E-state index >= 15 is 0 Å². The molecule has 0 saturated carbocycles. The van der Waals surface area contributed by atoms with Crippen LogP contribution in [-0.4, -0.2) is 5.71 Å². The molecule has 2 heteroatoms. The van der Waals surface area contributed by atoms with Crippen LogP contribution in [0.1, 0.15) is 13.3 Å². The summed E-state index contributed by atoms with van der Waals surface area (Å²) >= 11 is 1.51. The maximum atomic E-state index is 4.08. The van der Waals surface area contributed by atoms with E-state index in [2.05, 4.69) is 10.5 Å². The lowest BCUT2D eigenvalue weighted by Gasteiger charge is -1.96. The van der Waals surface area contributed by atoms with E-state index in [1.165, 1.54) is 17.7 Å². The van der Waals surface area contributed by atoms with Gasteiger partial charge in [-0.3, -0.25) is 0 Å². The second-order valence-electron chi connectivity index (χ2n) is 1.51. The zero-order chi connectivity index (χ0) is 5.11. The second-order valence-corrected chi connectivity index (χ2v) is 2.17. The maximum Gasteiger partial charge on any atom is 0.0273 e. The molecule has 0 radical (unpaired) electrons. The Morgan fingerprint density at radius 1 is 1.86 bits per heavy atom. The fourth-order valence-corrected chi connectivity index (χ4v) is 0.917. The lowest BCUT2D eigenvalue weighted by atomic mass is 10.3. The summed E-state index contributed by atoms with van der Waals surface area (Å²) in [6.07, 6.45) is 3.15. The monoisotopic (exact) mass is 113 g/mol. The van der Waals surface area contributed by atoms with Crippen LogP contribution in [0.5, 0.6) is 0 Å². The van der Waals surface area contributed by atoms with E-state index in [0.29, 0.717) is 0 Å². The Bertz CT molecular complexity index is 115. The van der Waals surface area contributed by atoms with Gasteiger partial charge in [0.25, 0.3) is 0 Å². The highest BCUT2D eigenvalue weighted by Crippen LogP contribution is 2.11. The Labute approximate surface area is 47.7 Å². The van der Waals surface area contributed by atoms with Crippen LogP contribution in [0, 0.1) is 0 Å². The smallest absolute Gasteiger partial charge is 0.0273 e. The van der Waals surface area contributed by atoms with E-state index in [-0.39, 0.29) is 0 Å². The van der Waals surface area contributed by atoms with E-state index in [1.807, 2.05) is 12.3 Å². The predicted molar refractivity (Wildman–Crippen MR) is 34.5 cm³/mol. The van der Waals surface area contributed by atoms with Gasteiger partial charge in [-0.15, -0.1) is 0 Å². The van der Waals surface area contributed by atoms with Crippen molar-refractivity contribution in [2.24, 2.45) is 4.40 Å². The first-order valence-electron chi connectivity index (χ1n) is 2.24. The fourth-order valence-electron chi connectivity index (χ4n) is 0.419. The van der Waals surface area contributed by atoms with E-state index in [4.69, 9.17) is 0 Å². The lowest BCUT2D eigenvalue weighted by molar-refractivity contribution is 1.43. The van der Waals surface area contributed by atoms with Crippen LogP contribution in [0.25, 0.3) is 0 Å². The average Bonchev–Trinajstić information content (AvgIpc) is 1.69. The van der Waals surface area contributed by atoms with Gasteiger partial charge in [-0.25, -0.2) is 4.40 Å². The maximum absolute atomic E-state index is 4.08. The van der Waals surface area contributed by atoms with Gasteiger partial charge in [0.2, 0.25) is 0 Å². The minimum Gasteiger partial charge on any atom is -0.221 e. The van der Waals surface area contributed by atoms with Crippen molar-refractivity contribution in [3.63, 3.8) is 0 Å². The van der Waals surface area contributed by atoms with Gasteiger partial charge in [0.15, 0.2) is 0 Å².